The summed E-state index contributed by atoms with van der Waals surface area (Å²) in [4.78, 5) is 0. The number of halogens is 5. The Kier molecular flexibility index (Phi) is 3.66. The fourth-order valence-electron chi connectivity index (χ4n) is 1.09. The van der Waals surface area contributed by atoms with Gasteiger partial charge in [0.25, 0.3) is 0 Å². The van der Waals surface area contributed by atoms with Crippen LogP contribution in [0.1, 0.15) is 6.92 Å². The molecule has 84 valence electrons. The zero-order valence-corrected chi connectivity index (χ0v) is 8.94. The quantitative estimate of drug-likeness (QED) is 0.323. The van der Waals surface area contributed by atoms with Gasteiger partial charge in [-0.3, -0.25) is 0 Å². The fraction of sp³-hybridized carbons (Fsp3) is 0.333. The fourth-order valence-corrected chi connectivity index (χ4v) is 2.27. The van der Waals surface area contributed by atoms with Crippen molar-refractivity contribution < 1.29 is 22.0 Å². The lowest BCUT2D eigenvalue weighted by Gasteiger charge is -2.13. The summed E-state index contributed by atoms with van der Waals surface area (Å²) < 4.78 is 64.4. The number of hydrogen-bond acceptors (Lipinski definition) is 0. The number of benzene rings is 1. The van der Waals surface area contributed by atoms with Crippen LogP contribution in [-0.4, -0.2) is 12.8 Å². The Labute approximate surface area is 84.9 Å². The predicted molar refractivity (Wildman–Crippen MR) is 49.3 cm³/mol. The van der Waals surface area contributed by atoms with Gasteiger partial charge in [-0.25, -0.2) is 22.0 Å². The molecule has 0 bridgehead atoms. The van der Waals surface area contributed by atoms with Crippen LogP contribution in [0.3, 0.4) is 0 Å². The molecular weight excluding hydrogens is 234 g/mol. The van der Waals surface area contributed by atoms with Gasteiger partial charge in [-0.1, -0.05) is 14.8 Å². The summed E-state index contributed by atoms with van der Waals surface area (Å²) in [5, 5.41) is -0.677. The second-order valence-electron chi connectivity index (χ2n) is 2.93. The van der Waals surface area contributed by atoms with Crippen LogP contribution >= 0.6 is 7.92 Å². The molecule has 0 spiro atoms. The van der Waals surface area contributed by atoms with E-state index in [0.29, 0.717) is 6.16 Å². The molecule has 0 saturated carbocycles. The van der Waals surface area contributed by atoms with Crippen molar-refractivity contribution in [1.82, 2.24) is 0 Å². The van der Waals surface area contributed by atoms with E-state index in [0.717, 1.165) is 0 Å². The van der Waals surface area contributed by atoms with Crippen LogP contribution in [0.4, 0.5) is 22.0 Å². The smallest absolute Gasteiger partial charge is 0.200 e. The average Bonchev–Trinajstić information content (AvgIpc) is 2.23. The standard InChI is InChI=1S/C9H8F5P/c1-3-15(2)9-7(13)5(11)4(10)6(12)8(9)14/h3H2,1-2H3. The molecule has 0 fully saturated rings. The molecular formula is C9H8F5P. The number of hydrogen-bond donors (Lipinski definition) is 0. The first-order valence-electron chi connectivity index (χ1n) is 4.14. The van der Waals surface area contributed by atoms with Gasteiger partial charge in [-0.15, -0.1) is 0 Å². The van der Waals surface area contributed by atoms with Crippen LogP contribution in [-0.2, 0) is 0 Å². The minimum absolute atomic E-state index is 0.355. The molecule has 1 aromatic rings. The SMILES string of the molecule is CCP(C)c1c(F)c(F)c(F)c(F)c1F. The van der Waals surface area contributed by atoms with E-state index in [-0.39, 0.29) is 0 Å². The summed E-state index contributed by atoms with van der Waals surface area (Å²) in [6, 6.07) is 0. The Hall–Kier alpha value is -0.700. The molecule has 0 aromatic heterocycles. The van der Waals surface area contributed by atoms with E-state index >= 15 is 0 Å². The molecule has 1 unspecified atom stereocenters. The van der Waals surface area contributed by atoms with E-state index in [4.69, 9.17) is 0 Å². The second kappa shape index (κ2) is 4.44. The first kappa shape index (κ1) is 12.4. The monoisotopic (exact) mass is 242 g/mol. The predicted octanol–water partition coefficient (Wildman–Crippen LogP) is 3.14. The highest BCUT2D eigenvalue weighted by Crippen LogP contribution is 2.33. The molecule has 0 radical (unpaired) electrons. The van der Waals surface area contributed by atoms with E-state index in [9.17, 15) is 22.0 Å². The summed E-state index contributed by atoms with van der Waals surface area (Å²) in [6.45, 7) is 3.09. The average molecular weight is 242 g/mol. The first-order chi connectivity index (χ1) is 6.91. The van der Waals surface area contributed by atoms with Gasteiger partial charge in [-0.2, -0.15) is 0 Å². The molecule has 0 N–H and O–H groups in total. The highest BCUT2D eigenvalue weighted by Gasteiger charge is 2.27. The van der Waals surface area contributed by atoms with E-state index < -0.39 is 42.3 Å². The Morgan fingerprint density at radius 3 is 1.47 bits per heavy atom. The van der Waals surface area contributed by atoms with Crippen molar-refractivity contribution in [3.05, 3.63) is 29.1 Å². The first-order valence-corrected chi connectivity index (χ1v) is 6.11. The van der Waals surface area contributed by atoms with Gasteiger partial charge in [0.05, 0.1) is 5.30 Å². The maximum atomic E-state index is 13.1. The molecule has 1 atom stereocenters. The van der Waals surface area contributed by atoms with Crippen molar-refractivity contribution in [3.8, 4) is 0 Å². The third kappa shape index (κ3) is 1.98. The Balaban J connectivity index is 3.52. The van der Waals surface area contributed by atoms with Crippen molar-refractivity contribution in [2.24, 2.45) is 0 Å². The zero-order valence-electron chi connectivity index (χ0n) is 8.04. The van der Waals surface area contributed by atoms with Crippen molar-refractivity contribution in [2.75, 3.05) is 12.8 Å². The summed E-state index contributed by atoms with van der Waals surface area (Å²) >= 11 is 0. The zero-order chi connectivity index (χ0) is 11.7. The van der Waals surface area contributed by atoms with Crippen molar-refractivity contribution in [1.29, 1.82) is 0 Å². The van der Waals surface area contributed by atoms with Crippen LogP contribution in [0.5, 0.6) is 0 Å². The lowest BCUT2D eigenvalue weighted by atomic mass is 10.3. The Bertz CT molecular complexity index is 362. The maximum Gasteiger partial charge on any atom is 0.200 e. The van der Waals surface area contributed by atoms with E-state index in [1.165, 1.54) is 6.66 Å². The van der Waals surface area contributed by atoms with E-state index in [1.54, 1.807) is 6.92 Å². The van der Waals surface area contributed by atoms with Crippen LogP contribution in [0.25, 0.3) is 0 Å². The molecule has 0 amide bonds. The van der Waals surface area contributed by atoms with E-state index in [2.05, 4.69) is 0 Å². The highest BCUT2D eigenvalue weighted by molar-refractivity contribution is 7.64. The molecule has 0 saturated heterocycles. The Morgan fingerprint density at radius 1 is 0.800 bits per heavy atom. The van der Waals surface area contributed by atoms with Gasteiger partial charge in [-0.05, 0) is 12.8 Å². The van der Waals surface area contributed by atoms with Crippen LogP contribution in [0.2, 0.25) is 0 Å². The summed E-state index contributed by atoms with van der Waals surface area (Å²) in [5.41, 5.74) is 0. The van der Waals surface area contributed by atoms with Gasteiger partial charge in [0.15, 0.2) is 23.3 Å². The molecule has 0 nitrogen and oxygen atoms in total. The molecule has 0 aliphatic carbocycles. The van der Waals surface area contributed by atoms with Gasteiger partial charge >= 0.3 is 0 Å². The summed E-state index contributed by atoms with van der Waals surface area (Å²) in [6.07, 6.45) is 0.355. The second-order valence-corrected chi connectivity index (χ2v) is 5.41. The molecule has 0 aliphatic rings. The highest BCUT2D eigenvalue weighted by atomic mass is 31.1. The van der Waals surface area contributed by atoms with E-state index in [1.807, 2.05) is 0 Å². The van der Waals surface area contributed by atoms with Crippen molar-refractivity contribution in [2.45, 2.75) is 6.92 Å². The molecule has 6 heteroatoms. The third-order valence-electron chi connectivity index (χ3n) is 2.04. The topological polar surface area (TPSA) is 0 Å². The maximum absolute atomic E-state index is 13.1. The van der Waals surface area contributed by atoms with Crippen LogP contribution in [0, 0.1) is 29.1 Å². The lowest BCUT2D eigenvalue weighted by molar-refractivity contribution is 0.384. The number of rotatable bonds is 2. The van der Waals surface area contributed by atoms with Crippen molar-refractivity contribution in [3.63, 3.8) is 0 Å². The molecule has 0 heterocycles. The molecule has 15 heavy (non-hydrogen) atoms. The third-order valence-corrected chi connectivity index (χ3v) is 4.15. The molecule has 1 aromatic carbocycles. The molecule has 0 aliphatic heterocycles. The largest absolute Gasteiger partial charge is 0.203 e. The lowest BCUT2D eigenvalue weighted by Crippen LogP contribution is -2.19. The van der Waals surface area contributed by atoms with Gasteiger partial charge in [0, 0.05) is 0 Å². The minimum atomic E-state index is -2.10. The van der Waals surface area contributed by atoms with Gasteiger partial charge in [0.2, 0.25) is 5.82 Å². The summed E-state index contributed by atoms with van der Waals surface area (Å²) in [5.74, 6) is -9.25. The minimum Gasteiger partial charge on any atom is -0.203 e. The van der Waals surface area contributed by atoms with Gasteiger partial charge in [0.1, 0.15) is 0 Å². The van der Waals surface area contributed by atoms with Crippen molar-refractivity contribution >= 4 is 13.2 Å². The Morgan fingerprint density at radius 2 is 1.13 bits per heavy atom. The van der Waals surface area contributed by atoms with Crippen LogP contribution in [0.15, 0.2) is 0 Å². The summed E-state index contributed by atoms with van der Waals surface area (Å²) in [7, 11) is -1.36. The van der Waals surface area contributed by atoms with Gasteiger partial charge < -0.3 is 0 Å². The molecule has 1 rings (SSSR count). The normalized spacial score (nSPS) is 13.0. The van der Waals surface area contributed by atoms with Crippen LogP contribution < -0.4 is 5.30 Å².